The molecule has 0 atom stereocenters. The molecule has 0 unspecified atom stereocenters. The third-order valence-corrected chi connectivity index (χ3v) is 3.78. The van der Waals surface area contributed by atoms with E-state index in [-0.39, 0.29) is 4.90 Å². The van der Waals surface area contributed by atoms with Crippen LogP contribution in [0, 0.1) is 0 Å². The van der Waals surface area contributed by atoms with Crippen molar-refractivity contribution in [2.24, 2.45) is 5.14 Å². The fraction of sp³-hybridized carbons (Fsp3) is 0.111. The Morgan fingerprint density at radius 3 is 2.60 bits per heavy atom. The summed E-state index contributed by atoms with van der Waals surface area (Å²) in [6.45, 7) is 0. The third kappa shape index (κ3) is 1.75. The lowest BCUT2D eigenvalue weighted by atomic mass is 10.2. The number of aromatic nitrogens is 1. The van der Waals surface area contributed by atoms with Gasteiger partial charge < -0.3 is 0 Å². The van der Waals surface area contributed by atoms with Gasteiger partial charge in [0.2, 0.25) is 10.0 Å². The number of hydrogen-bond acceptors (Lipinski definition) is 3. The van der Waals surface area contributed by atoms with Crippen LogP contribution in [0.1, 0.15) is 0 Å². The molecule has 0 aliphatic rings. The maximum atomic E-state index is 11.3. The number of sulfonamides is 1. The van der Waals surface area contributed by atoms with E-state index >= 15 is 0 Å². The zero-order valence-electron chi connectivity index (χ0n) is 8.04. The Kier molecular flexibility index (Phi) is 2.49. The highest BCUT2D eigenvalue weighted by molar-refractivity contribution is 7.97. The second-order valence-electron chi connectivity index (χ2n) is 3.06. The molecule has 0 spiro atoms. The Morgan fingerprint density at radius 2 is 2.00 bits per heavy atom. The van der Waals surface area contributed by atoms with Crippen LogP contribution >= 0.6 is 11.9 Å². The number of hydrogen-bond donors (Lipinski definition) is 1. The summed E-state index contributed by atoms with van der Waals surface area (Å²) in [5, 5.41) is 5.80. The second-order valence-corrected chi connectivity index (χ2v) is 5.35. The van der Waals surface area contributed by atoms with Gasteiger partial charge in [-0.1, -0.05) is 18.2 Å². The summed E-state index contributed by atoms with van der Waals surface area (Å²) in [6.07, 6.45) is 3.42. The number of benzene rings is 1. The molecule has 1 heterocycles. The minimum absolute atomic E-state index is 0.174. The molecule has 6 heteroatoms. The number of nitrogens with two attached hydrogens (primary N) is 1. The Balaban J connectivity index is 2.88. The standard InChI is InChI=1S/C9H10N2O2S2/c1-14-11-6-9(15(10,12)13)7-4-2-3-5-8(7)11/h2-6H,1H3,(H2,10,12,13). The van der Waals surface area contributed by atoms with E-state index in [1.807, 2.05) is 18.4 Å². The molecule has 0 aliphatic carbocycles. The second kappa shape index (κ2) is 3.55. The molecule has 4 nitrogen and oxygen atoms in total. The normalized spacial score (nSPS) is 12.1. The molecule has 15 heavy (non-hydrogen) atoms. The summed E-state index contributed by atoms with van der Waals surface area (Å²) in [5.41, 5.74) is 0.856. The van der Waals surface area contributed by atoms with E-state index in [9.17, 15) is 8.42 Å². The number of nitrogens with zero attached hydrogens (tertiary/aromatic N) is 1. The molecule has 0 amide bonds. The first-order valence-electron chi connectivity index (χ1n) is 4.21. The summed E-state index contributed by atoms with van der Waals surface area (Å²) < 4.78 is 24.4. The van der Waals surface area contributed by atoms with Gasteiger partial charge in [-0.25, -0.2) is 13.6 Å². The number of rotatable bonds is 2. The molecule has 2 rings (SSSR count). The molecule has 80 valence electrons. The lowest BCUT2D eigenvalue weighted by Crippen LogP contribution is -2.11. The molecule has 2 N–H and O–H groups in total. The Hall–Kier alpha value is -0.980. The van der Waals surface area contributed by atoms with E-state index < -0.39 is 10.0 Å². The number of para-hydroxylation sites is 1. The van der Waals surface area contributed by atoms with Crippen molar-refractivity contribution in [3.8, 4) is 0 Å². The van der Waals surface area contributed by atoms with E-state index in [1.54, 1.807) is 22.3 Å². The first kappa shape index (κ1) is 10.5. The van der Waals surface area contributed by atoms with Crippen molar-refractivity contribution in [3.63, 3.8) is 0 Å². The highest BCUT2D eigenvalue weighted by Gasteiger charge is 2.16. The van der Waals surface area contributed by atoms with Crippen LogP contribution in [0.4, 0.5) is 0 Å². The highest BCUT2D eigenvalue weighted by Crippen LogP contribution is 2.26. The summed E-state index contributed by atoms with van der Waals surface area (Å²) >= 11 is 1.43. The predicted octanol–water partition coefficient (Wildman–Crippen LogP) is 1.41. The van der Waals surface area contributed by atoms with Crippen molar-refractivity contribution in [1.29, 1.82) is 0 Å². The van der Waals surface area contributed by atoms with Gasteiger partial charge in [-0.2, -0.15) is 0 Å². The van der Waals surface area contributed by atoms with E-state index in [4.69, 9.17) is 5.14 Å². The topological polar surface area (TPSA) is 65.1 Å². The summed E-state index contributed by atoms with van der Waals surface area (Å²) in [4.78, 5) is 0.174. The van der Waals surface area contributed by atoms with Crippen LogP contribution in [0.2, 0.25) is 0 Å². The molecule has 0 saturated carbocycles. The Morgan fingerprint density at radius 1 is 1.33 bits per heavy atom. The van der Waals surface area contributed by atoms with E-state index in [1.165, 1.54) is 11.9 Å². The van der Waals surface area contributed by atoms with Gasteiger partial charge in [0.1, 0.15) is 4.90 Å². The van der Waals surface area contributed by atoms with Crippen LogP contribution < -0.4 is 5.14 Å². The van der Waals surface area contributed by atoms with Crippen LogP contribution in [0.5, 0.6) is 0 Å². The number of primary sulfonamides is 1. The van der Waals surface area contributed by atoms with Gasteiger partial charge in [0.15, 0.2) is 0 Å². The quantitative estimate of drug-likeness (QED) is 0.866. The van der Waals surface area contributed by atoms with E-state index in [2.05, 4.69) is 0 Å². The predicted molar refractivity (Wildman–Crippen MR) is 62.2 cm³/mol. The van der Waals surface area contributed by atoms with Gasteiger partial charge in [-0.15, -0.1) is 0 Å². The molecular formula is C9H10N2O2S2. The van der Waals surface area contributed by atoms with Crippen molar-refractivity contribution in [2.45, 2.75) is 4.90 Å². The van der Waals surface area contributed by atoms with Crippen LogP contribution in [0.15, 0.2) is 35.4 Å². The smallest absolute Gasteiger partial charge is 0.240 e. The zero-order valence-corrected chi connectivity index (χ0v) is 9.68. The Labute approximate surface area is 92.3 Å². The molecule has 0 fully saturated rings. The summed E-state index contributed by atoms with van der Waals surface area (Å²) in [7, 11) is -3.65. The van der Waals surface area contributed by atoms with Crippen molar-refractivity contribution >= 4 is 32.9 Å². The van der Waals surface area contributed by atoms with Gasteiger partial charge in [0, 0.05) is 17.8 Å². The molecule has 1 aromatic carbocycles. The van der Waals surface area contributed by atoms with Crippen LogP contribution in [0.25, 0.3) is 10.9 Å². The van der Waals surface area contributed by atoms with Gasteiger partial charge >= 0.3 is 0 Å². The summed E-state index contributed by atoms with van der Waals surface area (Å²) in [5.74, 6) is 0. The first-order chi connectivity index (χ1) is 7.04. The minimum Gasteiger partial charge on any atom is -0.290 e. The minimum atomic E-state index is -3.65. The van der Waals surface area contributed by atoms with Crippen molar-refractivity contribution in [1.82, 2.24) is 3.97 Å². The van der Waals surface area contributed by atoms with Gasteiger partial charge in [-0.05, 0) is 18.0 Å². The largest absolute Gasteiger partial charge is 0.290 e. The van der Waals surface area contributed by atoms with E-state index in [0.717, 1.165) is 5.52 Å². The van der Waals surface area contributed by atoms with Crippen molar-refractivity contribution in [2.75, 3.05) is 6.26 Å². The van der Waals surface area contributed by atoms with Crippen LogP contribution in [-0.2, 0) is 10.0 Å². The third-order valence-electron chi connectivity index (χ3n) is 2.14. The molecule has 1 aromatic heterocycles. The fourth-order valence-electron chi connectivity index (χ4n) is 1.50. The van der Waals surface area contributed by atoms with Gasteiger partial charge in [0.05, 0.1) is 5.52 Å². The number of fused-ring (bicyclic) bond motifs is 1. The monoisotopic (exact) mass is 242 g/mol. The SMILES string of the molecule is CSn1cc(S(N)(=O)=O)c2ccccc21. The zero-order chi connectivity index (χ0) is 11.1. The van der Waals surface area contributed by atoms with Crippen LogP contribution in [-0.4, -0.2) is 18.6 Å². The summed E-state index contributed by atoms with van der Waals surface area (Å²) in [6, 6.07) is 7.27. The lowest BCUT2D eigenvalue weighted by molar-refractivity contribution is 0.598. The highest BCUT2D eigenvalue weighted by atomic mass is 32.2. The van der Waals surface area contributed by atoms with Gasteiger partial charge in [0.25, 0.3) is 0 Å². The molecule has 0 radical (unpaired) electrons. The molecular weight excluding hydrogens is 232 g/mol. The molecule has 0 bridgehead atoms. The van der Waals surface area contributed by atoms with Crippen molar-refractivity contribution in [3.05, 3.63) is 30.5 Å². The maximum absolute atomic E-state index is 11.3. The van der Waals surface area contributed by atoms with E-state index in [0.29, 0.717) is 5.39 Å². The lowest BCUT2D eigenvalue weighted by Gasteiger charge is -1.96. The van der Waals surface area contributed by atoms with Crippen LogP contribution in [0.3, 0.4) is 0 Å². The Bertz CT molecular complexity index is 602. The maximum Gasteiger partial charge on any atom is 0.240 e. The fourth-order valence-corrected chi connectivity index (χ4v) is 2.86. The molecule has 0 aliphatic heterocycles. The average Bonchev–Trinajstić information content (AvgIpc) is 2.55. The first-order valence-corrected chi connectivity index (χ1v) is 6.94. The molecule has 0 saturated heterocycles. The van der Waals surface area contributed by atoms with Gasteiger partial charge in [-0.3, -0.25) is 3.97 Å². The average molecular weight is 242 g/mol. The van der Waals surface area contributed by atoms with Crippen molar-refractivity contribution < 1.29 is 8.42 Å². The molecule has 2 aromatic rings.